The van der Waals surface area contributed by atoms with Crippen molar-refractivity contribution in [1.29, 1.82) is 0 Å². The molecule has 31 heavy (non-hydrogen) atoms. The number of amides is 2. The highest BCUT2D eigenvalue weighted by molar-refractivity contribution is 7.08. The smallest absolute Gasteiger partial charge is 0.259 e. The summed E-state index contributed by atoms with van der Waals surface area (Å²) in [5.74, 6) is -0.0371. The van der Waals surface area contributed by atoms with Crippen LogP contribution >= 0.6 is 11.3 Å². The van der Waals surface area contributed by atoms with Crippen molar-refractivity contribution < 1.29 is 9.59 Å². The summed E-state index contributed by atoms with van der Waals surface area (Å²) in [6, 6.07) is 14.1. The Morgan fingerprint density at radius 3 is 2.81 bits per heavy atom. The number of pyridine rings is 1. The fraction of sp³-hybridized carbons (Fsp3) is 0.292. The highest BCUT2D eigenvalue weighted by Gasteiger charge is 2.39. The zero-order valence-electron chi connectivity index (χ0n) is 17.1. The maximum atomic E-state index is 13.3. The van der Waals surface area contributed by atoms with Crippen molar-refractivity contribution >= 4 is 28.8 Å². The first kappa shape index (κ1) is 19.9. The molecule has 0 spiro atoms. The SMILES string of the molecule is O=C(NC[C@@H]1CC[C@H]2CN(C(=O)c3cccnc3)c3ccccc3CN12)c1ccsc1. The largest absolute Gasteiger partial charge is 0.350 e. The van der Waals surface area contributed by atoms with Gasteiger partial charge in [0.05, 0.1) is 5.56 Å². The number of carbonyl (C=O) groups is 2. The summed E-state index contributed by atoms with van der Waals surface area (Å²) in [6.45, 7) is 2.03. The molecule has 1 N–H and O–H groups in total. The number of anilines is 1. The van der Waals surface area contributed by atoms with Crippen molar-refractivity contribution in [2.24, 2.45) is 0 Å². The number of nitrogens with zero attached hydrogens (tertiary/aromatic N) is 3. The highest BCUT2D eigenvalue weighted by atomic mass is 32.1. The van der Waals surface area contributed by atoms with Crippen LogP contribution in [0.2, 0.25) is 0 Å². The van der Waals surface area contributed by atoms with Crippen molar-refractivity contribution in [2.75, 3.05) is 18.0 Å². The van der Waals surface area contributed by atoms with E-state index in [-0.39, 0.29) is 23.9 Å². The maximum absolute atomic E-state index is 13.3. The van der Waals surface area contributed by atoms with E-state index in [1.807, 2.05) is 46.0 Å². The highest BCUT2D eigenvalue weighted by Crippen LogP contribution is 2.35. The van der Waals surface area contributed by atoms with E-state index >= 15 is 0 Å². The van der Waals surface area contributed by atoms with Crippen LogP contribution in [0.4, 0.5) is 5.69 Å². The fourth-order valence-electron chi connectivity index (χ4n) is 4.65. The van der Waals surface area contributed by atoms with Crippen molar-refractivity contribution in [3.63, 3.8) is 0 Å². The Balaban J connectivity index is 1.37. The van der Waals surface area contributed by atoms with Crippen molar-refractivity contribution in [2.45, 2.75) is 31.5 Å². The van der Waals surface area contributed by atoms with E-state index in [1.54, 1.807) is 18.5 Å². The third kappa shape index (κ3) is 3.98. The van der Waals surface area contributed by atoms with Crippen LogP contribution in [0.1, 0.15) is 39.1 Å². The number of benzene rings is 1. The van der Waals surface area contributed by atoms with Gasteiger partial charge in [0.2, 0.25) is 0 Å². The van der Waals surface area contributed by atoms with Crippen molar-refractivity contribution in [3.05, 3.63) is 82.3 Å². The molecule has 1 saturated heterocycles. The number of aromatic nitrogens is 1. The summed E-state index contributed by atoms with van der Waals surface area (Å²) >= 11 is 1.53. The molecule has 2 amide bonds. The Bertz CT molecular complexity index is 1070. The Hall–Kier alpha value is -3.03. The first-order valence-electron chi connectivity index (χ1n) is 10.6. The first-order chi connectivity index (χ1) is 15.2. The zero-order chi connectivity index (χ0) is 21.2. The number of carbonyl (C=O) groups excluding carboxylic acids is 2. The van der Waals surface area contributed by atoms with E-state index in [2.05, 4.69) is 21.3 Å². The van der Waals surface area contributed by atoms with Gasteiger partial charge in [0, 0.05) is 60.7 Å². The summed E-state index contributed by atoms with van der Waals surface area (Å²) in [5.41, 5.74) is 3.42. The van der Waals surface area contributed by atoms with Gasteiger partial charge in [-0.1, -0.05) is 18.2 Å². The Kier molecular flexibility index (Phi) is 5.53. The molecule has 6 nitrogen and oxygen atoms in total. The van der Waals surface area contributed by atoms with Crippen molar-refractivity contribution in [3.8, 4) is 0 Å². The zero-order valence-corrected chi connectivity index (χ0v) is 17.9. The molecule has 5 rings (SSSR count). The second-order valence-electron chi connectivity index (χ2n) is 8.07. The van der Waals surface area contributed by atoms with Crippen LogP contribution in [0.3, 0.4) is 0 Å². The molecular formula is C24H24N4O2S. The molecule has 0 aliphatic carbocycles. The van der Waals surface area contributed by atoms with Crippen LogP contribution in [-0.4, -0.2) is 46.9 Å². The Morgan fingerprint density at radius 2 is 2.00 bits per heavy atom. The molecule has 0 unspecified atom stereocenters. The van der Waals surface area contributed by atoms with Crippen LogP contribution in [0.25, 0.3) is 0 Å². The van der Waals surface area contributed by atoms with Gasteiger partial charge in [0.15, 0.2) is 0 Å². The minimum atomic E-state index is -0.0201. The third-order valence-electron chi connectivity index (χ3n) is 6.24. The number of nitrogens with one attached hydrogen (secondary N) is 1. The first-order valence-corrected chi connectivity index (χ1v) is 11.5. The van der Waals surface area contributed by atoms with Crippen LogP contribution in [-0.2, 0) is 6.54 Å². The van der Waals surface area contributed by atoms with E-state index in [4.69, 9.17) is 0 Å². The number of hydrogen-bond acceptors (Lipinski definition) is 5. The van der Waals surface area contributed by atoms with Gasteiger partial charge in [0.1, 0.15) is 0 Å². The quantitative estimate of drug-likeness (QED) is 0.685. The summed E-state index contributed by atoms with van der Waals surface area (Å²) in [7, 11) is 0. The molecule has 2 aliphatic rings. The molecule has 1 fully saturated rings. The molecule has 2 aliphatic heterocycles. The number of hydrogen-bond donors (Lipinski definition) is 1. The van der Waals surface area contributed by atoms with E-state index in [0.29, 0.717) is 24.2 Å². The van der Waals surface area contributed by atoms with Crippen LogP contribution in [0.5, 0.6) is 0 Å². The molecule has 7 heteroatoms. The maximum Gasteiger partial charge on any atom is 0.259 e. The van der Waals surface area contributed by atoms with Crippen LogP contribution < -0.4 is 10.2 Å². The van der Waals surface area contributed by atoms with Crippen LogP contribution in [0, 0.1) is 0 Å². The molecule has 3 aromatic rings. The van der Waals surface area contributed by atoms with Gasteiger partial charge in [0.25, 0.3) is 11.8 Å². The fourth-order valence-corrected chi connectivity index (χ4v) is 5.28. The van der Waals surface area contributed by atoms with Gasteiger partial charge in [-0.3, -0.25) is 19.5 Å². The second-order valence-corrected chi connectivity index (χ2v) is 8.85. The van der Waals surface area contributed by atoms with Gasteiger partial charge in [-0.05, 0) is 48.1 Å². The summed E-state index contributed by atoms with van der Waals surface area (Å²) in [5, 5.41) is 6.89. The number of fused-ring (bicyclic) bond motifs is 2. The van der Waals surface area contributed by atoms with Crippen LogP contribution in [0.15, 0.2) is 65.6 Å². The molecule has 1 aromatic carbocycles. The molecule has 0 saturated carbocycles. The van der Waals surface area contributed by atoms with E-state index in [9.17, 15) is 9.59 Å². The Labute approximate surface area is 185 Å². The van der Waals surface area contributed by atoms with Gasteiger partial charge in [-0.2, -0.15) is 11.3 Å². The van der Waals surface area contributed by atoms with Crippen molar-refractivity contribution in [1.82, 2.24) is 15.2 Å². The third-order valence-corrected chi connectivity index (χ3v) is 6.92. The average Bonchev–Trinajstić information content (AvgIpc) is 3.44. The summed E-state index contributed by atoms with van der Waals surface area (Å²) in [6.07, 6.45) is 5.32. The van der Waals surface area contributed by atoms with E-state index < -0.39 is 0 Å². The molecule has 4 heterocycles. The van der Waals surface area contributed by atoms with E-state index in [1.165, 1.54) is 11.3 Å². The van der Waals surface area contributed by atoms with Gasteiger partial charge >= 0.3 is 0 Å². The molecule has 0 bridgehead atoms. The number of thiophene rings is 1. The standard InChI is InChI=1S/C24H24N4O2S/c29-23(19-9-11-31-16-19)26-13-20-7-8-21-15-28(24(30)17-5-3-10-25-12-17)22-6-2-1-4-18(22)14-27(20)21/h1-6,9-12,16,20-21H,7-8,13-15H2,(H,26,29)/t20-,21-/m0/s1. The average molecular weight is 433 g/mol. The lowest BCUT2D eigenvalue weighted by molar-refractivity contribution is 0.0934. The number of rotatable bonds is 4. The van der Waals surface area contributed by atoms with Gasteiger partial charge in [-0.25, -0.2) is 0 Å². The molecular weight excluding hydrogens is 408 g/mol. The van der Waals surface area contributed by atoms with Gasteiger partial charge < -0.3 is 10.2 Å². The predicted octanol–water partition coefficient (Wildman–Crippen LogP) is 3.57. The number of para-hydroxylation sites is 1. The normalized spacial score (nSPS) is 20.6. The monoisotopic (exact) mass is 432 g/mol. The predicted molar refractivity (Wildman–Crippen MR) is 121 cm³/mol. The van der Waals surface area contributed by atoms with Gasteiger partial charge in [-0.15, -0.1) is 0 Å². The lowest BCUT2D eigenvalue weighted by atomic mass is 10.1. The minimum absolute atomic E-state index is 0.0170. The molecule has 0 radical (unpaired) electrons. The lowest BCUT2D eigenvalue weighted by Gasteiger charge is -2.29. The minimum Gasteiger partial charge on any atom is -0.350 e. The molecule has 2 atom stereocenters. The molecule has 2 aromatic heterocycles. The lowest BCUT2D eigenvalue weighted by Crippen LogP contribution is -2.45. The second kappa shape index (κ2) is 8.61. The summed E-state index contributed by atoms with van der Waals surface area (Å²) in [4.78, 5) is 34.2. The molecule has 158 valence electrons. The summed E-state index contributed by atoms with van der Waals surface area (Å²) < 4.78 is 0. The Morgan fingerprint density at radius 1 is 1.10 bits per heavy atom. The van der Waals surface area contributed by atoms with E-state index in [0.717, 1.165) is 30.6 Å². The topological polar surface area (TPSA) is 65.5 Å².